The van der Waals surface area contributed by atoms with Gasteiger partial charge in [0.15, 0.2) is 11.6 Å². The highest BCUT2D eigenvalue weighted by molar-refractivity contribution is 7.96. The molecule has 0 aliphatic heterocycles. The lowest BCUT2D eigenvalue weighted by Crippen LogP contribution is -2.13. The van der Waals surface area contributed by atoms with Gasteiger partial charge in [0.05, 0.1) is 28.5 Å². The summed E-state index contributed by atoms with van der Waals surface area (Å²) in [5.41, 5.74) is 3.76. The van der Waals surface area contributed by atoms with Gasteiger partial charge < -0.3 is 9.84 Å². The second kappa shape index (κ2) is 18.5. The number of rotatable bonds is 13. The lowest BCUT2D eigenvalue weighted by Gasteiger charge is -2.14. The summed E-state index contributed by atoms with van der Waals surface area (Å²) in [5.74, 6) is 0.399. The maximum atomic E-state index is 12.5. The van der Waals surface area contributed by atoms with Crippen LogP contribution in [-0.2, 0) is 20.0 Å². The zero-order valence-electron chi connectivity index (χ0n) is 27.9. The van der Waals surface area contributed by atoms with Crippen molar-refractivity contribution in [2.45, 2.75) is 0 Å². The summed E-state index contributed by atoms with van der Waals surface area (Å²) in [6.07, 6.45) is 5.42. The van der Waals surface area contributed by atoms with Crippen molar-refractivity contribution in [3.05, 3.63) is 161 Å². The Morgan fingerprint density at radius 2 is 1.00 bits per heavy atom. The number of hydrogen-bond acceptors (Lipinski definition) is 10. The molecule has 15 heteroatoms. The average Bonchev–Trinajstić information content (AvgIpc) is 3.17. The number of anilines is 2. The lowest BCUT2D eigenvalue weighted by atomic mass is 10.1. The van der Waals surface area contributed by atoms with Gasteiger partial charge in [0, 0.05) is 0 Å². The van der Waals surface area contributed by atoms with Crippen molar-refractivity contribution in [2.75, 3.05) is 22.7 Å². The standard InChI is InChI=1S/C20H19N3O4S.C18H14ClN3O2S/c24-12-13-27-20-18(17-9-5-2-6-10-17)19(21-15-22-20)23-28(25,26)14-11-16-7-3-1-4-8-16;19-17-16(15-9-5-2-6-10-15)18(21-13-20-17)22-25(23,24)12-11-14-7-3-1-4-8-14/h1-11,14-15,24H,12-13H2,(H,21,22,23);1-13H,(H,20,21,22)/b14-11+;12-11+. The smallest absolute Gasteiger partial charge is 0.256 e. The van der Waals surface area contributed by atoms with E-state index in [1.165, 1.54) is 24.8 Å². The fraction of sp³-hybridized carbons (Fsp3) is 0.0526. The summed E-state index contributed by atoms with van der Waals surface area (Å²) in [4.78, 5) is 16.1. The molecule has 53 heavy (non-hydrogen) atoms. The van der Waals surface area contributed by atoms with Crippen molar-refractivity contribution < 1.29 is 26.7 Å². The van der Waals surface area contributed by atoms with Gasteiger partial charge in [-0.15, -0.1) is 0 Å². The number of ether oxygens (including phenoxy) is 1. The Balaban J connectivity index is 0.000000206. The van der Waals surface area contributed by atoms with Gasteiger partial charge in [-0.3, -0.25) is 9.44 Å². The maximum Gasteiger partial charge on any atom is 0.256 e. The van der Waals surface area contributed by atoms with Gasteiger partial charge in [-0.05, 0) is 34.4 Å². The van der Waals surface area contributed by atoms with E-state index < -0.39 is 20.0 Å². The van der Waals surface area contributed by atoms with Gasteiger partial charge in [0.25, 0.3) is 20.0 Å². The third-order valence-corrected chi connectivity index (χ3v) is 9.26. The molecule has 0 aliphatic carbocycles. The molecule has 0 spiro atoms. The summed E-state index contributed by atoms with van der Waals surface area (Å²) in [5, 5.41) is 11.4. The van der Waals surface area contributed by atoms with E-state index in [1.54, 1.807) is 24.3 Å². The topological polar surface area (TPSA) is 173 Å². The molecule has 0 aliphatic rings. The number of benzene rings is 4. The molecule has 6 aromatic rings. The van der Waals surface area contributed by atoms with Crippen molar-refractivity contribution >= 4 is 55.4 Å². The SMILES string of the molecule is O=S(=O)(/C=C/c1ccccc1)Nc1ncnc(Cl)c1-c1ccccc1.O=S(=O)(/C=C/c1ccccc1)Nc1ncnc(OCCO)c1-c1ccccc1. The Hall–Kier alpha value is -5.93. The van der Waals surface area contributed by atoms with E-state index in [2.05, 4.69) is 29.4 Å². The van der Waals surface area contributed by atoms with Crippen LogP contribution in [0, 0.1) is 0 Å². The predicted octanol–water partition coefficient (Wildman–Crippen LogP) is 7.14. The number of aliphatic hydroxyl groups excluding tert-OH is 1. The highest BCUT2D eigenvalue weighted by Gasteiger charge is 2.19. The zero-order chi connectivity index (χ0) is 37.5. The van der Waals surface area contributed by atoms with E-state index in [0.717, 1.165) is 27.5 Å². The minimum atomic E-state index is -3.83. The van der Waals surface area contributed by atoms with Crippen LogP contribution in [0.4, 0.5) is 11.6 Å². The first-order valence-electron chi connectivity index (χ1n) is 15.9. The normalized spacial score (nSPS) is 11.5. The van der Waals surface area contributed by atoms with Crippen molar-refractivity contribution in [3.8, 4) is 28.1 Å². The Labute approximate surface area is 312 Å². The van der Waals surface area contributed by atoms with Gasteiger partial charge in [-0.2, -0.15) is 0 Å². The minimum Gasteiger partial charge on any atom is -0.475 e. The Morgan fingerprint density at radius 3 is 1.47 bits per heavy atom. The third kappa shape index (κ3) is 11.5. The lowest BCUT2D eigenvalue weighted by molar-refractivity contribution is 0.197. The third-order valence-electron chi connectivity index (χ3n) is 7.02. The number of aromatic nitrogens is 4. The second-order valence-corrected chi connectivity index (χ2v) is 14.3. The molecule has 0 bridgehead atoms. The molecule has 0 saturated carbocycles. The molecule has 0 radical (unpaired) electrons. The summed E-state index contributed by atoms with van der Waals surface area (Å²) in [7, 11) is -7.59. The molecule has 12 nitrogen and oxygen atoms in total. The number of aliphatic hydroxyl groups is 1. The Kier molecular flexibility index (Phi) is 13.4. The van der Waals surface area contributed by atoms with Crippen molar-refractivity contribution in [3.63, 3.8) is 0 Å². The second-order valence-electron chi connectivity index (χ2n) is 10.8. The molecule has 6 rings (SSSR count). The molecule has 3 N–H and O–H groups in total. The van der Waals surface area contributed by atoms with Crippen molar-refractivity contribution in [1.29, 1.82) is 0 Å². The minimum absolute atomic E-state index is 0.0247. The highest BCUT2D eigenvalue weighted by Crippen LogP contribution is 2.35. The molecule has 4 aromatic carbocycles. The van der Waals surface area contributed by atoms with E-state index in [4.69, 9.17) is 21.4 Å². The molecule has 0 unspecified atom stereocenters. The van der Waals surface area contributed by atoms with E-state index in [9.17, 15) is 16.8 Å². The van der Waals surface area contributed by atoms with Gasteiger partial charge in [0.2, 0.25) is 5.88 Å². The summed E-state index contributed by atoms with van der Waals surface area (Å²) < 4.78 is 60.2. The van der Waals surface area contributed by atoms with E-state index in [0.29, 0.717) is 16.7 Å². The summed E-state index contributed by atoms with van der Waals surface area (Å²) >= 11 is 6.16. The van der Waals surface area contributed by atoms with Crippen LogP contribution in [0.1, 0.15) is 11.1 Å². The molecule has 0 amide bonds. The first-order valence-corrected chi connectivity index (χ1v) is 19.3. The van der Waals surface area contributed by atoms with E-state index in [-0.39, 0.29) is 35.9 Å². The van der Waals surface area contributed by atoms with Crippen molar-refractivity contribution in [2.24, 2.45) is 0 Å². The zero-order valence-corrected chi connectivity index (χ0v) is 30.3. The molecular formula is C38H33ClN6O6S2. The average molecular weight is 769 g/mol. The first kappa shape index (κ1) is 38.3. The fourth-order valence-electron chi connectivity index (χ4n) is 4.67. The Morgan fingerprint density at radius 1 is 0.585 bits per heavy atom. The molecule has 2 aromatic heterocycles. The molecule has 2 heterocycles. The van der Waals surface area contributed by atoms with E-state index in [1.807, 2.05) is 97.1 Å². The number of nitrogens with zero attached hydrogens (tertiary/aromatic N) is 4. The van der Waals surface area contributed by atoms with Crippen LogP contribution in [0.15, 0.2) is 145 Å². The number of nitrogens with one attached hydrogen (secondary N) is 2. The van der Waals surface area contributed by atoms with Crippen molar-refractivity contribution in [1.82, 2.24) is 19.9 Å². The molecular weight excluding hydrogens is 736 g/mol. The fourth-order valence-corrected chi connectivity index (χ4v) is 6.57. The van der Waals surface area contributed by atoms with Gasteiger partial charge in [-0.25, -0.2) is 36.8 Å². The van der Waals surface area contributed by atoms with Gasteiger partial charge in [0.1, 0.15) is 24.4 Å². The van der Waals surface area contributed by atoms with Gasteiger partial charge >= 0.3 is 0 Å². The number of sulfonamides is 2. The van der Waals surface area contributed by atoms with Crippen LogP contribution < -0.4 is 14.2 Å². The van der Waals surface area contributed by atoms with Crippen LogP contribution in [0.2, 0.25) is 5.15 Å². The highest BCUT2D eigenvalue weighted by atomic mass is 35.5. The van der Waals surface area contributed by atoms with Crippen LogP contribution in [0.5, 0.6) is 5.88 Å². The quantitative estimate of drug-likeness (QED) is 0.103. The molecule has 0 fully saturated rings. The Bertz CT molecular complexity index is 2370. The maximum absolute atomic E-state index is 12.5. The largest absolute Gasteiger partial charge is 0.475 e. The summed E-state index contributed by atoms with van der Waals surface area (Å²) in [6, 6.07) is 36.4. The summed E-state index contributed by atoms with van der Waals surface area (Å²) in [6.45, 7) is -0.171. The molecule has 0 saturated heterocycles. The predicted molar refractivity (Wildman–Crippen MR) is 209 cm³/mol. The first-order chi connectivity index (χ1) is 25.6. The number of halogens is 1. The number of hydrogen-bond donors (Lipinski definition) is 3. The van der Waals surface area contributed by atoms with Crippen LogP contribution in [0.3, 0.4) is 0 Å². The monoisotopic (exact) mass is 768 g/mol. The molecule has 270 valence electrons. The molecule has 0 atom stereocenters. The van der Waals surface area contributed by atoms with Crippen LogP contribution in [0.25, 0.3) is 34.4 Å². The van der Waals surface area contributed by atoms with Gasteiger partial charge in [-0.1, -0.05) is 133 Å². The van der Waals surface area contributed by atoms with Crippen LogP contribution in [-0.4, -0.2) is 55.1 Å². The van der Waals surface area contributed by atoms with E-state index >= 15 is 0 Å². The van der Waals surface area contributed by atoms with Crippen LogP contribution >= 0.6 is 11.6 Å².